The van der Waals surface area contributed by atoms with Crippen LogP contribution in [0.2, 0.25) is 0 Å². The van der Waals surface area contributed by atoms with Crippen LogP contribution in [0.4, 0.5) is 4.39 Å². The van der Waals surface area contributed by atoms with Crippen LogP contribution < -0.4 is 0 Å². The molecule has 1 aromatic heterocycles. The van der Waals surface area contributed by atoms with E-state index in [2.05, 4.69) is 4.98 Å². The van der Waals surface area contributed by atoms with E-state index < -0.39 is 5.97 Å². The maximum atomic E-state index is 13.3. The van der Waals surface area contributed by atoms with E-state index >= 15 is 0 Å². The summed E-state index contributed by atoms with van der Waals surface area (Å²) < 4.78 is 13.3. The Hall–Kier alpha value is -2.27. The highest BCUT2D eigenvalue weighted by atomic mass is 32.2. The summed E-state index contributed by atoms with van der Waals surface area (Å²) in [4.78, 5) is 15.7. The van der Waals surface area contributed by atoms with E-state index in [9.17, 15) is 14.3 Å². The second kappa shape index (κ2) is 5.02. The average Bonchev–Trinajstić information content (AvgIpc) is 2.82. The molecule has 3 rings (SSSR count). The number of aromatic nitrogens is 1. The van der Waals surface area contributed by atoms with E-state index in [1.807, 2.05) is 0 Å². The number of fused-ring (bicyclic) bond motifs is 1. The molecule has 0 atom stereocenters. The van der Waals surface area contributed by atoms with Gasteiger partial charge in [0.1, 0.15) is 5.82 Å². The molecule has 0 spiro atoms. The van der Waals surface area contributed by atoms with Gasteiger partial charge in [0.05, 0.1) is 5.56 Å². The van der Waals surface area contributed by atoms with Crippen LogP contribution in [0.15, 0.2) is 58.5 Å². The summed E-state index contributed by atoms with van der Waals surface area (Å²) in [7, 11) is 0. The first kappa shape index (κ1) is 12.7. The highest BCUT2D eigenvalue weighted by Crippen LogP contribution is 2.35. The first-order valence-electron chi connectivity index (χ1n) is 5.92. The second-order valence-electron chi connectivity index (χ2n) is 4.25. The molecule has 100 valence electrons. The van der Waals surface area contributed by atoms with Crippen molar-refractivity contribution in [1.82, 2.24) is 4.98 Å². The first-order valence-corrected chi connectivity index (χ1v) is 6.73. The van der Waals surface area contributed by atoms with Gasteiger partial charge in [-0.15, -0.1) is 0 Å². The Balaban J connectivity index is 2.06. The molecule has 20 heavy (non-hydrogen) atoms. The molecule has 0 unspecified atom stereocenters. The highest BCUT2D eigenvalue weighted by molar-refractivity contribution is 7.99. The number of halogens is 1. The highest BCUT2D eigenvalue weighted by Gasteiger charge is 2.12. The van der Waals surface area contributed by atoms with Crippen LogP contribution in [-0.4, -0.2) is 16.1 Å². The van der Waals surface area contributed by atoms with Gasteiger partial charge in [-0.3, -0.25) is 0 Å². The van der Waals surface area contributed by atoms with E-state index in [4.69, 9.17) is 0 Å². The van der Waals surface area contributed by atoms with Gasteiger partial charge in [-0.05, 0) is 30.3 Å². The number of hydrogen-bond donors (Lipinski definition) is 2. The van der Waals surface area contributed by atoms with Crippen LogP contribution in [0.5, 0.6) is 0 Å². The number of benzene rings is 2. The summed E-state index contributed by atoms with van der Waals surface area (Å²) in [6.45, 7) is 0. The van der Waals surface area contributed by atoms with Crippen molar-refractivity contribution < 1.29 is 14.3 Å². The van der Waals surface area contributed by atoms with Gasteiger partial charge in [0, 0.05) is 26.9 Å². The maximum absolute atomic E-state index is 13.3. The van der Waals surface area contributed by atoms with Gasteiger partial charge < -0.3 is 10.1 Å². The SMILES string of the molecule is O=C(O)c1ccccc1Sc1c[nH]c2ccc(F)cc12. The van der Waals surface area contributed by atoms with E-state index in [0.29, 0.717) is 4.90 Å². The molecule has 3 nitrogen and oxygen atoms in total. The Morgan fingerprint density at radius 3 is 2.75 bits per heavy atom. The molecule has 2 aromatic carbocycles. The molecule has 0 aliphatic carbocycles. The molecule has 3 aromatic rings. The number of carboxylic acid groups (broad SMARTS) is 1. The molecule has 1 heterocycles. The van der Waals surface area contributed by atoms with E-state index in [1.54, 1.807) is 36.5 Å². The zero-order valence-electron chi connectivity index (χ0n) is 10.3. The minimum Gasteiger partial charge on any atom is -0.478 e. The summed E-state index contributed by atoms with van der Waals surface area (Å²) in [5.41, 5.74) is 1.06. The van der Waals surface area contributed by atoms with Crippen LogP contribution >= 0.6 is 11.8 Å². The van der Waals surface area contributed by atoms with E-state index in [-0.39, 0.29) is 11.4 Å². The molecule has 0 bridgehead atoms. The van der Waals surface area contributed by atoms with Gasteiger partial charge in [-0.1, -0.05) is 23.9 Å². The van der Waals surface area contributed by atoms with E-state index in [0.717, 1.165) is 15.8 Å². The van der Waals surface area contributed by atoms with Crippen molar-refractivity contribution in [3.05, 3.63) is 60.0 Å². The fourth-order valence-corrected chi connectivity index (χ4v) is 3.05. The number of carboxylic acids is 1. The topological polar surface area (TPSA) is 53.1 Å². The van der Waals surface area contributed by atoms with Crippen molar-refractivity contribution in [2.45, 2.75) is 9.79 Å². The third-order valence-corrected chi connectivity index (χ3v) is 4.08. The number of nitrogens with one attached hydrogen (secondary N) is 1. The third-order valence-electron chi connectivity index (χ3n) is 2.94. The summed E-state index contributed by atoms with van der Waals surface area (Å²) in [6, 6.07) is 11.3. The summed E-state index contributed by atoms with van der Waals surface area (Å²) >= 11 is 1.31. The number of hydrogen-bond acceptors (Lipinski definition) is 2. The van der Waals surface area contributed by atoms with Crippen LogP contribution in [0.25, 0.3) is 10.9 Å². The van der Waals surface area contributed by atoms with Crippen LogP contribution in [0.1, 0.15) is 10.4 Å². The van der Waals surface area contributed by atoms with Gasteiger partial charge >= 0.3 is 5.97 Å². The lowest BCUT2D eigenvalue weighted by atomic mass is 10.2. The Morgan fingerprint density at radius 2 is 1.95 bits per heavy atom. The fraction of sp³-hybridized carbons (Fsp3) is 0. The van der Waals surface area contributed by atoms with Gasteiger partial charge in [0.25, 0.3) is 0 Å². The zero-order valence-corrected chi connectivity index (χ0v) is 11.1. The predicted molar refractivity (Wildman–Crippen MR) is 75.8 cm³/mol. The molecule has 5 heteroatoms. The van der Waals surface area contributed by atoms with Gasteiger partial charge in [0.15, 0.2) is 0 Å². The van der Waals surface area contributed by atoms with Crippen LogP contribution in [0.3, 0.4) is 0 Å². The minimum absolute atomic E-state index is 0.239. The lowest BCUT2D eigenvalue weighted by molar-refractivity contribution is 0.0693. The van der Waals surface area contributed by atoms with E-state index in [1.165, 1.54) is 23.9 Å². The smallest absolute Gasteiger partial charge is 0.336 e. The van der Waals surface area contributed by atoms with Crippen molar-refractivity contribution in [2.24, 2.45) is 0 Å². The quantitative estimate of drug-likeness (QED) is 0.760. The number of H-pyrrole nitrogens is 1. The number of aromatic amines is 1. The Kier molecular flexibility index (Phi) is 3.20. The van der Waals surface area contributed by atoms with Crippen molar-refractivity contribution in [3.8, 4) is 0 Å². The molecule has 0 aliphatic heterocycles. The molecule has 0 amide bonds. The molecular formula is C15H10FNO2S. The standard InChI is InChI=1S/C15H10FNO2S/c16-9-5-6-12-11(7-9)14(8-17-12)20-13-4-2-1-3-10(13)15(18)19/h1-8,17H,(H,18,19). The van der Waals surface area contributed by atoms with Gasteiger partial charge in [-0.2, -0.15) is 0 Å². The van der Waals surface area contributed by atoms with Crippen LogP contribution in [-0.2, 0) is 0 Å². The Labute approximate surface area is 118 Å². The summed E-state index contributed by atoms with van der Waals surface area (Å²) in [5.74, 6) is -1.29. The Bertz CT molecular complexity index is 797. The molecule has 0 saturated carbocycles. The summed E-state index contributed by atoms with van der Waals surface area (Å²) in [6.07, 6.45) is 1.76. The third kappa shape index (κ3) is 2.28. The molecule has 0 aliphatic rings. The van der Waals surface area contributed by atoms with Gasteiger partial charge in [0.2, 0.25) is 0 Å². The largest absolute Gasteiger partial charge is 0.478 e. The summed E-state index contributed by atoms with van der Waals surface area (Å²) in [5, 5.41) is 9.92. The lowest BCUT2D eigenvalue weighted by Crippen LogP contribution is -1.97. The zero-order chi connectivity index (χ0) is 14.1. The van der Waals surface area contributed by atoms with Crippen molar-refractivity contribution >= 4 is 28.6 Å². The predicted octanol–water partition coefficient (Wildman–Crippen LogP) is 4.16. The van der Waals surface area contributed by atoms with Crippen molar-refractivity contribution in [2.75, 3.05) is 0 Å². The van der Waals surface area contributed by atoms with Gasteiger partial charge in [-0.25, -0.2) is 9.18 Å². The molecule has 0 radical (unpaired) electrons. The molecule has 0 fully saturated rings. The normalized spacial score (nSPS) is 10.8. The average molecular weight is 287 g/mol. The minimum atomic E-state index is -0.973. The lowest BCUT2D eigenvalue weighted by Gasteiger charge is -2.04. The number of aromatic carboxylic acids is 1. The molecule has 0 saturated heterocycles. The monoisotopic (exact) mass is 287 g/mol. The Morgan fingerprint density at radius 1 is 1.15 bits per heavy atom. The van der Waals surface area contributed by atoms with Crippen molar-refractivity contribution in [3.63, 3.8) is 0 Å². The second-order valence-corrected chi connectivity index (χ2v) is 5.33. The number of rotatable bonds is 3. The maximum Gasteiger partial charge on any atom is 0.336 e. The molecular weight excluding hydrogens is 277 g/mol. The van der Waals surface area contributed by atoms with Crippen molar-refractivity contribution in [1.29, 1.82) is 0 Å². The number of carbonyl (C=O) groups is 1. The van der Waals surface area contributed by atoms with Crippen LogP contribution in [0, 0.1) is 5.82 Å². The molecule has 2 N–H and O–H groups in total. The first-order chi connectivity index (χ1) is 9.65. The fourth-order valence-electron chi connectivity index (χ4n) is 2.00.